The molecule has 1 aliphatic heterocycles. The lowest BCUT2D eigenvalue weighted by Gasteiger charge is -2.25. The highest BCUT2D eigenvalue weighted by atomic mass is 32.1. The largest absolute Gasteiger partial charge is 0.477 e. The number of nitrogens with zero attached hydrogens (tertiary/aromatic N) is 2. The van der Waals surface area contributed by atoms with Crippen LogP contribution in [-0.2, 0) is 0 Å². The number of rotatable bonds is 4. The molecule has 0 aromatic carbocycles. The summed E-state index contributed by atoms with van der Waals surface area (Å²) in [4.78, 5) is 27.3. The summed E-state index contributed by atoms with van der Waals surface area (Å²) < 4.78 is 5.84. The summed E-state index contributed by atoms with van der Waals surface area (Å²) in [5.74, 6) is -0.648. The monoisotopic (exact) mass is 350 g/mol. The molecule has 7 heteroatoms. The van der Waals surface area contributed by atoms with E-state index in [0.717, 1.165) is 24.6 Å². The molecule has 0 bridgehead atoms. The number of aromatic carboxylic acids is 1. The highest BCUT2D eigenvalue weighted by molar-refractivity contribution is 7.22. The topological polar surface area (TPSA) is 74.0 Å². The van der Waals surface area contributed by atoms with Crippen LogP contribution in [0.4, 0.5) is 5.00 Å². The van der Waals surface area contributed by atoms with Gasteiger partial charge in [0.25, 0.3) is 0 Å². The number of carboxylic acid groups (broad SMARTS) is 1. The highest BCUT2D eigenvalue weighted by Crippen LogP contribution is 2.32. The molecular weight excluding hydrogens is 328 g/mol. The van der Waals surface area contributed by atoms with Crippen molar-refractivity contribution in [1.82, 2.24) is 4.90 Å². The molecule has 0 saturated carbocycles. The third kappa shape index (κ3) is 3.62. The van der Waals surface area contributed by atoms with Crippen molar-refractivity contribution in [2.45, 2.75) is 19.3 Å². The van der Waals surface area contributed by atoms with E-state index in [9.17, 15) is 9.59 Å². The van der Waals surface area contributed by atoms with Gasteiger partial charge in [0, 0.05) is 26.2 Å². The summed E-state index contributed by atoms with van der Waals surface area (Å²) in [6.45, 7) is 3.19. The van der Waals surface area contributed by atoms with Crippen LogP contribution in [-0.4, -0.2) is 49.7 Å². The maximum atomic E-state index is 11.7. The normalized spacial score (nSPS) is 19.3. The Morgan fingerprint density at radius 3 is 3.00 bits per heavy atom. The van der Waals surface area contributed by atoms with Gasteiger partial charge >= 0.3 is 11.6 Å². The van der Waals surface area contributed by atoms with Crippen molar-refractivity contribution in [1.29, 1.82) is 0 Å². The van der Waals surface area contributed by atoms with Crippen molar-refractivity contribution >= 4 is 32.6 Å². The molecule has 0 aliphatic carbocycles. The molecule has 1 atom stereocenters. The van der Waals surface area contributed by atoms with E-state index >= 15 is 0 Å². The van der Waals surface area contributed by atoms with Crippen LogP contribution >= 0.6 is 11.3 Å². The summed E-state index contributed by atoms with van der Waals surface area (Å²) in [5, 5.41) is 10.0. The summed E-state index contributed by atoms with van der Waals surface area (Å²) in [5.41, 5.74) is -0.661. The first kappa shape index (κ1) is 17.0. The molecule has 24 heavy (non-hydrogen) atoms. The second-order valence-corrected chi connectivity index (χ2v) is 7.63. The fraction of sp³-hybridized carbons (Fsp3) is 0.529. The highest BCUT2D eigenvalue weighted by Gasteiger charge is 2.20. The van der Waals surface area contributed by atoms with E-state index in [1.54, 1.807) is 0 Å². The smallest absolute Gasteiger partial charge is 0.351 e. The first-order chi connectivity index (χ1) is 11.4. The summed E-state index contributed by atoms with van der Waals surface area (Å²) in [7, 11) is 4.20. The lowest BCUT2D eigenvalue weighted by molar-refractivity contribution is 0.0692. The Labute approximate surface area is 144 Å². The first-order valence-electron chi connectivity index (χ1n) is 8.14. The van der Waals surface area contributed by atoms with Gasteiger partial charge in [-0.05, 0) is 38.4 Å². The van der Waals surface area contributed by atoms with Crippen LogP contribution in [0.15, 0.2) is 21.3 Å². The van der Waals surface area contributed by atoms with Crippen LogP contribution in [0.2, 0.25) is 0 Å². The average Bonchev–Trinajstić information content (AvgIpc) is 2.82. The van der Waals surface area contributed by atoms with Gasteiger partial charge in [-0.25, -0.2) is 9.59 Å². The number of carboxylic acids is 1. The molecule has 0 amide bonds. The van der Waals surface area contributed by atoms with Crippen LogP contribution in [0.25, 0.3) is 10.3 Å². The van der Waals surface area contributed by atoms with Crippen LogP contribution in [0.1, 0.15) is 29.6 Å². The molecular formula is C17H22N2O4S. The molecule has 0 spiro atoms. The van der Waals surface area contributed by atoms with Crippen molar-refractivity contribution in [3.63, 3.8) is 0 Å². The van der Waals surface area contributed by atoms with Crippen LogP contribution in [0, 0.1) is 5.92 Å². The predicted octanol–water partition coefficient (Wildman–Crippen LogP) is 2.72. The zero-order valence-electron chi connectivity index (χ0n) is 13.9. The average molecular weight is 350 g/mol. The molecule has 1 unspecified atom stereocenters. The number of fused-ring (bicyclic) bond motifs is 1. The Kier molecular flexibility index (Phi) is 4.91. The zero-order chi connectivity index (χ0) is 17.3. The van der Waals surface area contributed by atoms with Gasteiger partial charge in [-0.15, -0.1) is 11.3 Å². The molecule has 0 radical (unpaired) electrons. The van der Waals surface area contributed by atoms with E-state index in [1.165, 1.54) is 36.7 Å². The fourth-order valence-electron chi connectivity index (χ4n) is 3.30. The molecule has 3 rings (SSSR count). The number of hydrogen-bond donors (Lipinski definition) is 1. The van der Waals surface area contributed by atoms with Gasteiger partial charge in [-0.1, -0.05) is 6.42 Å². The second kappa shape index (κ2) is 6.94. The van der Waals surface area contributed by atoms with Gasteiger partial charge < -0.3 is 19.3 Å². The maximum Gasteiger partial charge on any atom is 0.351 e. The molecule has 1 saturated heterocycles. The Morgan fingerprint density at radius 1 is 1.46 bits per heavy atom. The minimum atomic E-state index is -1.25. The quantitative estimate of drug-likeness (QED) is 0.914. The van der Waals surface area contributed by atoms with Crippen molar-refractivity contribution in [3.8, 4) is 0 Å². The molecule has 3 heterocycles. The number of thiophene rings is 1. The van der Waals surface area contributed by atoms with E-state index in [2.05, 4.69) is 16.8 Å². The number of hydrogen-bond acceptors (Lipinski definition) is 6. The summed E-state index contributed by atoms with van der Waals surface area (Å²) in [6, 6.07) is 3.23. The van der Waals surface area contributed by atoms with E-state index in [0.29, 0.717) is 16.2 Å². The standard InChI is InChI=1S/C17H22N2O4S/c1-18-6-4-3-5-11(9-18)10-19(2)15-8-13-14(24-15)7-12(16(20)21)17(22)23-13/h7-8,11H,3-6,9-10H2,1-2H3,(H,20,21). The second-order valence-electron chi connectivity index (χ2n) is 6.57. The summed E-state index contributed by atoms with van der Waals surface area (Å²) >= 11 is 1.46. The molecule has 1 fully saturated rings. The van der Waals surface area contributed by atoms with Crippen molar-refractivity contribution in [2.24, 2.45) is 5.92 Å². The molecule has 2 aromatic rings. The SMILES string of the molecule is CN1CCCCC(CN(C)c2cc3oc(=O)c(C(=O)O)cc3s2)C1. The van der Waals surface area contributed by atoms with E-state index in [4.69, 9.17) is 9.52 Å². The Balaban J connectivity index is 1.80. The van der Waals surface area contributed by atoms with Crippen molar-refractivity contribution in [3.05, 3.63) is 28.1 Å². The molecule has 130 valence electrons. The van der Waals surface area contributed by atoms with Gasteiger partial charge in [0.05, 0.1) is 9.70 Å². The van der Waals surface area contributed by atoms with Crippen molar-refractivity contribution < 1.29 is 14.3 Å². The number of anilines is 1. The third-order valence-electron chi connectivity index (χ3n) is 4.52. The maximum absolute atomic E-state index is 11.7. The fourth-order valence-corrected chi connectivity index (χ4v) is 4.30. The Hall–Kier alpha value is -1.86. The first-order valence-corrected chi connectivity index (χ1v) is 8.96. The number of likely N-dealkylation sites (tertiary alicyclic amines) is 1. The van der Waals surface area contributed by atoms with Crippen LogP contribution in [0.3, 0.4) is 0 Å². The van der Waals surface area contributed by atoms with E-state index in [-0.39, 0.29) is 5.56 Å². The van der Waals surface area contributed by atoms with Gasteiger partial charge in [0.1, 0.15) is 5.56 Å². The lowest BCUT2D eigenvalue weighted by Crippen LogP contribution is -2.32. The van der Waals surface area contributed by atoms with Crippen LogP contribution < -0.4 is 10.5 Å². The minimum absolute atomic E-state index is 0.316. The zero-order valence-corrected chi connectivity index (χ0v) is 14.8. The molecule has 2 aromatic heterocycles. The summed E-state index contributed by atoms with van der Waals surface area (Å²) in [6.07, 6.45) is 3.73. The predicted molar refractivity (Wildman–Crippen MR) is 95.4 cm³/mol. The van der Waals surface area contributed by atoms with Gasteiger partial charge in [-0.2, -0.15) is 0 Å². The van der Waals surface area contributed by atoms with Crippen molar-refractivity contribution in [2.75, 3.05) is 38.6 Å². The van der Waals surface area contributed by atoms with Crippen LogP contribution in [0.5, 0.6) is 0 Å². The Bertz CT molecular complexity index is 797. The van der Waals surface area contributed by atoms with E-state index < -0.39 is 11.6 Å². The van der Waals surface area contributed by atoms with E-state index in [1.807, 2.05) is 13.1 Å². The third-order valence-corrected chi connectivity index (χ3v) is 5.70. The minimum Gasteiger partial charge on any atom is -0.477 e. The lowest BCUT2D eigenvalue weighted by atomic mass is 10.0. The van der Waals surface area contributed by atoms with Gasteiger partial charge in [0.15, 0.2) is 5.58 Å². The van der Waals surface area contributed by atoms with Gasteiger partial charge in [-0.3, -0.25) is 0 Å². The number of carbonyl (C=O) groups is 1. The Morgan fingerprint density at radius 2 is 2.25 bits per heavy atom. The molecule has 6 nitrogen and oxygen atoms in total. The molecule has 1 aliphatic rings. The molecule has 1 N–H and O–H groups in total. The van der Waals surface area contributed by atoms with Gasteiger partial charge in [0.2, 0.25) is 0 Å².